The molecule has 1 aromatic carbocycles. The summed E-state index contributed by atoms with van der Waals surface area (Å²) in [6.07, 6.45) is 4.55. The van der Waals surface area contributed by atoms with Crippen LogP contribution < -0.4 is 11.1 Å². The molecule has 1 aromatic rings. The zero-order valence-corrected chi connectivity index (χ0v) is 13.3. The molecule has 0 saturated heterocycles. The van der Waals surface area contributed by atoms with Crippen molar-refractivity contribution in [2.24, 2.45) is 11.7 Å². The Bertz CT molecular complexity index is 497. The van der Waals surface area contributed by atoms with Gasteiger partial charge in [-0.1, -0.05) is 18.6 Å². The second-order valence-electron chi connectivity index (χ2n) is 5.80. The summed E-state index contributed by atoms with van der Waals surface area (Å²) in [6.45, 7) is 1.91. The lowest BCUT2D eigenvalue weighted by atomic mass is 9.85. The average molecular weight is 305 g/mol. The highest BCUT2D eigenvalue weighted by molar-refractivity contribution is 7.80. The first-order valence-corrected chi connectivity index (χ1v) is 7.83. The van der Waals surface area contributed by atoms with E-state index in [4.69, 9.17) is 18.0 Å². The monoisotopic (exact) mass is 305 g/mol. The Morgan fingerprint density at radius 3 is 2.57 bits per heavy atom. The van der Waals surface area contributed by atoms with Crippen molar-refractivity contribution in [3.8, 4) is 0 Å². The minimum atomic E-state index is 0.0403. The Kier molecular flexibility index (Phi) is 5.70. The van der Waals surface area contributed by atoms with Crippen molar-refractivity contribution in [2.45, 2.75) is 25.7 Å². The summed E-state index contributed by atoms with van der Waals surface area (Å²) in [5.41, 5.74) is 7.13. The number of rotatable bonds is 7. The number of amides is 1. The number of nitrogens with one attached hydrogen (secondary N) is 1. The number of anilines is 1. The summed E-state index contributed by atoms with van der Waals surface area (Å²) < 4.78 is 0. The number of thiocarbonyl (C=S) groups is 1. The van der Waals surface area contributed by atoms with E-state index in [0.29, 0.717) is 11.4 Å². The Hall–Kier alpha value is -1.46. The molecule has 4 nitrogen and oxygen atoms in total. The van der Waals surface area contributed by atoms with Crippen molar-refractivity contribution in [3.63, 3.8) is 0 Å². The number of nitrogens with two attached hydrogens (primary N) is 1. The summed E-state index contributed by atoms with van der Waals surface area (Å²) in [6, 6.07) is 7.29. The zero-order valence-electron chi connectivity index (χ0n) is 12.5. The molecule has 114 valence electrons. The van der Waals surface area contributed by atoms with Crippen LogP contribution in [0.5, 0.6) is 0 Å². The molecule has 1 fully saturated rings. The maximum absolute atomic E-state index is 11.9. The van der Waals surface area contributed by atoms with Crippen LogP contribution in [0.15, 0.2) is 24.3 Å². The highest BCUT2D eigenvalue weighted by Gasteiger charge is 2.19. The van der Waals surface area contributed by atoms with Gasteiger partial charge in [-0.3, -0.25) is 4.79 Å². The minimum absolute atomic E-state index is 0.0403. The molecule has 0 bridgehead atoms. The summed E-state index contributed by atoms with van der Waals surface area (Å²) in [5, 5.41) is 2.90. The van der Waals surface area contributed by atoms with Gasteiger partial charge >= 0.3 is 0 Å². The molecule has 2 rings (SSSR count). The predicted octanol–water partition coefficient (Wildman–Crippen LogP) is 2.38. The van der Waals surface area contributed by atoms with Gasteiger partial charge in [-0.25, -0.2) is 0 Å². The molecule has 0 radical (unpaired) electrons. The van der Waals surface area contributed by atoms with E-state index < -0.39 is 0 Å². The lowest BCUT2D eigenvalue weighted by molar-refractivity contribution is -0.116. The fourth-order valence-corrected chi connectivity index (χ4v) is 2.58. The zero-order chi connectivity index (χ0) is 15.2. The maximum Gasteiger partial charge on any atom is 0.225 e. The summed E-state index contributed by atoms with van der Waals surface area (Å²) >= 11 is 4.90. The molecule has 0 atom stereocenters. The van der Waals surface area contributed by atoms with Gasteiger partial charge < -0.3 is 16.0 Å². The third-order valence-corrected chi connectivity index (χ3v) is 4.20. The van der Waals surface area contributed by atoms with Crippen LogP contribution in [-0.2, 0) is 4.79 Å². The van der Waals surface area contributed by atoms with E-state index in [1.165, 1.54) is 19.3 Å². The third-order valence-electron chi connectivity index (χ3n) is 3.97. The molecule has 0 aromatic heterocycles. The number of nitrogens with zero attached hydrogens (tertiary/aromatic N) is 1. The van der Waals surface area contributed by atoms with Crippen LogP contribution >= 0.6 is 12.2 Å². The number of carbonyl (C=O) groups excluding carboxylic acids is 1. The molecule has 1 aliphatic rings. The molecule has 21 heavy (non-hydrogen) atoms. The number of benzene rings is 1. The van der Waals surface area contributed by atoms with Gasteiger partial charge in [0.25, 0.3) is 0 Å². The van der Waals surface area contributed by atoms with Gasteiger partial charge in [0.1, 0.15) is 4.99 Å². The van der Waals surface area contributed by atoms with Crippen molar-refractivity contribution < 1.29 is 4.79 Å². The van der Waals surface area contributed by atoms with Gasteiger partial charge in [-0.15, -0.1) is 0 Å². The number of carbonyl (C=O) groups is 1. The van der Waals surface area contributed by atoms with E-state index >= 15 is 0 Å². The van der Waals surface area contributed by atoms with Crippen LogP contribution in [0.1, 0.15) is 31.2 Å². The second kappa shape index (κ2) is 7.52. The number of hydrogen-bond donors (Lipinski definition) is 2. The first-order valence-electron chi connectivity index (χ1n) is 7.43. The first kappa shape index (κ1) is 15.9. The third kappa shape index (κ3) is 5.10. The Labute approximate surface area is 131 Å². The average Bonchev–Trinajstić information content (AvgIpc) is 2.41. The molecule has 0 heterocycles. The van der Waals surface area contributed by atoms with Gasteiger partial charge in [-0.05, 0) is 50.1 Å². The van der Waals surface area contributed by atoms with Crippen molar-refractivity contribution in [3.05, 3.63) is 29.8 Å². The Morgan fingerprint density at radius 2 is 2.05 bits per heavy atom. The van der Waals surface area contributed by atoms with Crippen LogP contribution in [0.4, 0.5) is 5.69 Å². The second-order valence-corrected chi connectivity index (χ2v) is 6.24. The van der Waals surface area contributed by atoms with Crippen LogP contribution in [-0.4, -0.2) is 35.9 Å². The van der Waals surface area contributed by atoms with Crippen molar-refractivity contribution in [1.29, 1.82) is 0 Å². The van der Waals surface area contributed by atoms with E-state index in [2.05, 4.69) is 17.3 Å². The molecule has 1 amide bonds. The normalized spacial score (nSPS) is 14.8. The van der Waals surface area contributed by atoms with Gasteiger partial charge in [0.2, 0.25) is 5.91 Å². The molecule has 1 saturated carbocycles. The smallest absolute Gasteiger partial charge is 0.225 e. The quantitative estimate of drug-likeness (QED) is 0.759. The van der Waals surface area contributed by atoms with E-state index in [-0.39, 0.29) is 5.91 Å². The summed E-state index contributed by atoms with van der Waals surface area (Å²) in [5.74, 6) is 0.879. The SMILES string of the molecule is CN(CCC(=O)Nc1ccc(C(N)=S)cc1)CC1CCC1. The first-order chi connectivity index (χ1) is 10.0. The largest absolute Gasteiger partial charge is 0.389 e. The standard InChI is InChI=1S/C16H23N3OS/c1-19(11-12-3-2-4-12)10-9-15(20)18-14-7-5-13(6-8-14)16(17)21/h5-8,12H,2-4,9-11H2,1H3,(H2,17,21)(H,18,20). The highest BCUT2D eigenvalue weighted by Crippen LogP contribution is 2.26. The topological polar surface area (TPSA) is 58.4 Å². The van der Waals surface area contributed by atoms with Gasteiger partial charge in [-0.2, -0.15) is 0 Å². The Morgan fingerprint density at radius 1 is 1.38 bits per heavy atom. The summed E-state index contributed by atoms with van der Waals surface area (Å²) in [7, 11) is 2.09. The highest BCUT2D eigenvalue weighted by atomic mass is 32.1. The number of hydrogen-bond acceptors (Lipinski definition) is 3. The van der Waals surface area contributed by atoms with Gasteiger partial charge in [0, 0.05) is 30.8 Å². The molecule has 5 heteroatoms. The van der Waals surface area contributed by atoms with Gasteiger partial charge in [0.05, 0.1) is 0 Å². The summed E-state index contributed by atoms with van der Waals surface area (Å²) in [4.78, 5) is 14.5. The molecule has 3 N–H and O–H groups in total. The molecular formula is C16H23N3OS. The van der Waals surface area contributed by atoms with E-state index in [1.807, 2.05) is 24.3 Å². The van der Waals surface area contributed by atoms with Crippen LogP contribution in [0.2, 0.25) is 0 Å². The molecule has 0 aliphatic heterocycles. The molecule has 0 unspecified atom stereocenters. The fraction of sp³-hybridized carbons (Fsp3) is 0.500. The van der Waals surface area contributed by atoms with Crippen LogP contribution in [0, 0.1) is 5.92 Å². The molecule has 1 aliphatic carbocycles. The van der Waals surface area contributed by atoms with Crippen molar-refractivity contribution >= 4 is 28.8 Å². The molecular weight excluding hydrogens is 282 g/mol. The van der Waals surface area contributed by atoms with Gasteiger partial charge in [0.15, 0.2) is 0 Å². The maximum atomic E-state index is 11.9. The minimum Gasteiger partial charge on any atom is -0.389 e. The van der Waals surface area contributed by atoms with Crippen molar-refractivity contribution in [1.82, 2.24) is 4.90 Å². The lowest BCUT2D eigenvalue weighted by Gasteiger charge is -2.29. The van der Waals surface area contributed by atoms with Crippen molar-refractivity contribution in [2.75, 3.05) is 25.5 Å². The predicted molar refractivity (Wildman–Crippen MR) is 90.4 cm³/mol. The lowest BCUT2D eigenvalue weighted by Crippen LogP contribution is -2.31. The van der Waals surface area contributed by atoms with E-state index in [1.54, 1.807) is 0 Å². The fourth-order valence-electron chi connectivity index (χ4n) is 2.44. The molecule has 0 spiro atoms. The van der Waals surface area contributed by atoms with Crippen LogP contribution in [0.3, 0.4) is 0 Å². The van der Waals surface area contributed by atoms with E-state index in [9.17, 15) is 4.79 Å². The Balaban J connectivity index is 1.71. The van der Waals surface area contributed by atoms with Crippen LogP contribution in [0.25, 0.3) is 0 Å². The van der Waals surface area contributed by atoms with E-state index in [0.717, 1.165) is 30.3 Å².